The highest BCUT2D eigenvalue weighted by Crippen LogP contribution is 2.34. The van der Waals surface area contributed by atoms with Gasteiger partial charge in [0, 0.05) is 12.8 Å². The number of rotatable bonds is 4. The number of halogens is 6. The third-order valence-corrected chi connectivity index (χ3v) is 3.11. The molecule has 0 aromatic carbocycles. The fourth-order valence-corrected chi connectivity index (χ4v) is 1.21. The Morgan fingerprint density at radius 1 is 0.875 bits per heavy atom. The summed E-state index contributed by atoms with van der Waals surface area (Å²) < 4.78 is -3.94. The quantitative estimate of drug-likeness (QED) is 0.765. The van der Waals surface area contributed by atoms with E-state index < -0.39 is 38.4 Å². The van der Waals surface area contributed by atoms with Crippen LogP contribution >= 0.6 is 69.6 Å². The first-order chi connectivity index (χ1) is 6.94. The van der Waals surface area contributed by atoms with Crippen molar-refractivity contribution >= 4 is 75.4 Å². The number of aliphatic hydroxyl groups excluding tert-OH is 2. The molecule has 3 nitrogen and oxygen atoms in total. The number of carbonyl (C=O) groups is 1. The van der Waals surface area contributed by atoms with Gasteiger partial charge in [-0.1, -0.05) is 69.6 Å². The van der Waals surface area contributed by atoms with E-state index in [0.29, 0.717) is 0 Å². The van der Waals surface area contributed by atoms with Gasteiger partial charge in [-0.2, -0.15) is 0 Å². The number of hydrogen-bond donors (Lipinski definition) is 2. The predicted octanol–water partition coefficient (Wildman–Crippen LogP) is 2.80. The summed E-state index contributed by atoms with van der Waals surface area (Å²) in [4.78, 5) is 11.3. The van der Waals surface area contributed by atoms with Crippen molar-refractivity contribution in [1.82, 2.24) is 0 Å². The first-order valence-electron chi connectivity index (χ1n) is 3.96. The van der Waals surface area contributed by atoms with Gasteiger partial charge in [-0.05, 0) is 0 Å². The van der Waals surface area contributed by atoms with E-state index in [1.54, 1.807) is 0 Å². The first kappa shape index (κ1) is 17.3. The number of aliphatic hydroxyl groups is 2. The molecule has 0 bridgehead atoms. The third kappa shape index (κ3) is 6.92. The molecule has 0 aromatic rings. The number of hydrogen-bond acceptors (Lipinski definition) is 3. The van der Waals surface area contributed by atoms with Crippen LogP contribution in [0.4, 0.5) is 0 Å². The van der Waals surface area contributed by atoms with Crippen LogP contribution in [0.1, 0.15) is 12.8 Å². The highest BCUT2D eigenvalue weighted by Gasteiger charge is 2.36. The molecular weight excluding hydrogens is 345 g/mol. The van der Waals surface area contributed by atoms with E-state index in [9.17, 15) is 15.0 Å². The van der Waals surface area contributed by atoms with Crippen LogP contribution in [-0.2, 0) is 4.79 Å². The number of Topliss-reactive ketones (excluding diaryl/α,β-unsaturated/α-hetero) is 1. The molecule has 0 saturated heterocycles. The van der Waals surface area contributed by atoms with Gasteiger partial charge in [0.1, 0.15) is 18.0 Å². The summed E-state index contributed by atoms with van der Waals surface area (Å²) in [5.41, 5.74) is 0. The Balaban J connectivity index is 4.21. The van der Waals surface area contributed by atoms with Crippen LogP contribution in [0.5, 0.6) is 0 Å². The molecule has 0 aliphatic carbocycles. The van der Waals surface area contributed by atoms with Crippen molar-refractivity contribution in [2.45, 2.75) is 32.6 Å². The van der Waals surface area contributed by atoms with Crippen molar-refractivity contribution in [3.63, 3.8) is 0 Å². The molecule has 0 saturated carbocycles. The van der Waals surface area contributed by atoms with Gasteiger partial charge < -0.3 is 10.2 Å². The topological polar surface area (TPSA) is 57.5 Å². The van der Waals surface area contributed by atoms with Gasteiger partial charge in [-0.3, -0.25) is 4.79 Å². The lowest BCUT2D eigenvalue weighted by molar-refractivity contribution is -0.122. The van der Waals surface area contributed by atoms with Gasteiger partial charge in [0.25, 0.3) is 0 Å². The van der Waals surface area contributed by atoms with Gasteiger partial charge in [0.2, 0.25) is 7.59 Å². The molecular formula is C7H8Cl6O3. The van der Waals surface area contributed by atoms with Crippen LogP contribution in [-0.4, -0.2) is 35.8 Å². The fourth-order valence-electron chi connectivity index (χ4n) is 0.746. The van der Waals surface area contributed by atoms with Crippen LogP contribution in [0.25, 0.3) is 0 Å². The van der Waals surface area contributed by atoms with Crippen LogP contribution in [0.15, 0.2) is 0 Å². The molecule has 0 amide bonds. The molecule has 0 spiro atoms. The fraction of sp³-hybridized carbons (Fsp3) is 0.857. The maximum absolute atomic E-state index is 11.3. The molecule has 0 aliphatic heterocycles. The molecule has 0 radical (unpaired) electrons. The zero-order valence-corrected chi connectivity index (χ0v) is 12.2. The Hall–Kier alpha value is 1.33. The monoisotopic (exact) mass is 350 g/mol. The smallest absolute Gasteiger partial charge is 0.216 e. The zero-order valence-electron chi connectivity index (χ0n) is 7.64. The second-order valence-electron chi connectivity index (χ2n) is 3.06. The van der Waals surface area contributed by atoms with Gasteiger partial charge in [0.15, 0.2) is 0 Å². The first-order valence-corrected chi connectivity index (χ1v) is 6.22. The SMILES string of the molecule is O=C(C[C@@H](O)C(Cl)(Cl)Cl)C[C@@H](O)C(Cl)(Cl)Cl. The van der Waals surface area contributed by atoms with E-state index in [-0.39, 0.29) is 0 Å². The molecule has 0 unspecified atom stereocenters. The normalized spacial score (nSPS) is 17.0. The molecule has 16 heavy (non-hydrogen) atoms. The predicted molar refractivity (Wildman–Crippen MR) is 66.8 cm³/mol. The summed E-state index contributed by atoms with van der Waals surface area (Å²) in [5.74, 6) is -0.586. The molecule has 9 heteroatoms. The molecule has 0 aromatic heterocycles. The van der Waals surface area contributed by atoms with E-state index in [0.717, 1.165) is 0 Å². The molecule has 0 heterocycles. The van der Waals surface area contributed by atoms with Gasteiger partial charge in [-0.15, -0.1) is 0 Å². The Labute approximate surface area is 122 Å². The van der Waals surface area contributed by atoms with Crippen molar-refractivity contribution in [1.29, 1.82) is 0 Å². The average Bonchev–Trinajstić information content (AvgIpc) is 1.99. The number of ketones is 1. The second kappa shape index (κ2) is 6.48. The Kier molecular flexibility index (Phi) is 7.02. The molecule has 96 valence electrons. The minimum Gasteiger partial charge on any atom is -0.388 e. The summed E-state index contributed by atoms with van der Waals surface area (Å²) in [6.07, 6.45) is -3.86. The van der Waals surface area contributed by atoms with Crippen LogP contribution in [0, 0.1) is 0 Å². The minimum atomic E-state index is -1.97. The zero-order chi connectivity index (χ0) is 13.1. The largest absolute Gasteiger partial charge is 0.388 e. The lowest BCUT2D eigenvalue weighted by Gasteiger charge is -2.21. The van der Waals surface area contributed by atoms with Gasteiger partial charge >= 0.3 is 0 Å². The highest BCUT2D eigenvalue weighted by molar-refractivity contribution is 6.68. The number of alkyl halides is 6. The van der Waals surface area contributed by atoms with Crippen molar-refractivity contribution < 1.29 is 15.0 Å². The van der Waals surface area contributed by atoms with Crippen molar-refractivity contribution in [2.75, 3.05) is 0 Å². The maximum atomic E-state index is 11.3. The van der Waals surface area contributed by atoms with E-state index in [2.05, 4.69) is 0 Å². The molecule has 2 atom stereocenters. The highest BCUT2D eigenvalue weighted by atomic mass is 35.6. The van der Waals surface area contributed by atoms with Gasteiger partial charge in [0.05, 0.1) is 0 Å². The molecule has 0 fully saturated rings. The van der Waals surface area contributed by atoms with Crippen molar-refractivity contribution in [2.24, 2.45) is 0 Å². The minimum absolute atomic E-state index is 0.450. The molecule has 0 rings (SSSR count). The Morgan fingerprint density at radius 2 is 1.12 bits per heavy atom. The van der Waals surface area contributed by atoms with Crippen molar-refractivity contribution in [3.05, 3.63) is 0 Å². The van der Waals surface area contributed by atoms with E-state index in [1.807, 2.05) is 0 Å². The summed E-state index contributed by atoms with van der Waals surface area (Å²) in [6.45, 7) is 0. The summed E-state index contributed by atoms with van der Waals surface area (Å²) in [6, 6.07) is 0. The molecule has 0 aliphatic rings. The van der Waals surface area contributed by atoms with Crippen LogP contribution in [0.2, 0.25) is 0 Å². The summed E-state index contributed by atoms with van der Waals surface area (Å²) in [7, 11) is 0. The summed E-state index contributed by atoms with van der Waals surface area (Å²) in [5, 5.41) is 18.5. The Bertz CT molecular complexity index is 221. The van der Waals surface area contributed by atoms with Crippen LogP contribution < -0.4 is 0 Å². The lowest BCUT2D eigenvalue weighted by Crippen LogP contribution is -2.32. The Morgan fingerprint density at radius 3 is 1.31 bits per heavy atom. The van der Waals surface area contributed by atoms with E-state index in [1.165, 1.54) is 0 Å². The van der Waals surface area contributed by atoms with Crippen LogP contribution in [0.3, 0.4) is 0 Å². The average molecular weight is 353 g/mol. The number of carbonyl (C=O) groups excluding carboxylic acids is 1. The van der Waals surface area contributed by atoms with Crippen molar-refractivity contribution in [3.8, 4) is 0 Å². The standard InChI is InChI=1S/C7H8Cl6O3/c8-6(9,10)4(15)1-3(14)2-5(16)7(11,12)13/h4-5,15-16H,1-2H2/t4-,5-/m1/s1. The van der Waals surface area contributed by atoms with E-state index in [4.69, 9.17) is 69.6 Å². The van der Waals surface area contributed by atoms with Gasteiger partial charge in [-0.25, -0.2) is 0 Å². The second-order valence-corrected chi connectivity index (χ2v) is 7.80. The lowest BCUT2D eigenvalue weighted by atomic mass is 10.1. The van der Waals surface area contributed by atoms with E-state index >= 15 is 0 Å². The molecule has 2 N–H and O–H groups in total. The third-order valence-electron chi connectivity index (χ3n) is 1.60. The maximum Gasteiger partial charge on any atom is 0.216 e. The summed E-state index contributed by atoms with van der Waals surface area (Å²) >= 11 is 32.1.